The zero-order chi connectivity index (χ0) is 29.2. The Morgan fingerprint density at radius 2 is 1.60 bits per heavy atom. The predicted octanol–water partition coefficient (Wildman–Crippen LogP) is 8.30. The summed E-state index contributed by atoms with van der Waals surface area (Å²) >= 11 is 8.43. The summed E-state index contributed by atoms with van der Waals surface area (Å²) in [6, 6.07) is 20.8. The maximum atomic E-state index is 14.2. The van der Waals surface area contributed by atoms with Crippen LogP contribution in [0.1, 0.15) is 49.8 Å². The van der Waals surface area contributed by atoms with Crippen LogP contribution < -0.4 is 10.6 Å². The van der Waals surface area contributed by atoms with Gasteiger partial charge in [-0.25, -0.2) is 4.39 Å². The molecule has 0 aromatic heterocycles. The zero-order valence-electron chi connectivity index (χ0n) is 24.2. The molecular weight excluding hydrogens is 543 g/mol. The maximum absolute atomic E-state index is 14.2. The van der Waals surface area contributed by atoms with E-state index in [4.69, 9.17) is 21.7 Å². The van der Waals surface area contributed by atoms with Crippen LogP contribution in [-0.4, -0.2) is 56.3 Å². The van der Waals surface area contributed by atoms with Crippen molar-refractivity contribution in [2.45, 2.75) is 44.5 Å². The van der Waals surface area contributed by atoms with Crippen molar-refractivity contribution in [2.24, 2.45) is 0 Å². The van der Waals surface area contributed by atoms with Gasteiger partial charge in [0.25, 0.3) is 0 Å². The number of hydrogen-bond acceptors (Lipinski definition) is 6. The highest BCUT2D eigenvalue weighted by Gasteiger charge is 2.15. The summed E-state index contributed by atoms with van der Waals surface area (Å²) in [5, 5.41) is 14.7. The van der Waals surface area contributed by atoms with Crippen molar-refractivity contribution in [3.63, 3.8) is 0 Å². The molecule has 1 atom stereocenters. The third-order valence-corrected chi connectivity index (χ3v) is 7.50. The van der Waals surface area contributed by atoms with Crippen molar-refractivity contribution in [1.29, 1.82) is 5.41 Å². The first kappa shape index (κ1) is 33.6. The highest BCUT2D eigenvalue weighted by Crippen LogP contribution is 2.32. The van der Waals surface area contributed by atoms with Crippen LogP contribution in [-0.2, 0) is 11.3 Å². The maximum Gasteiger partial charge on any atom is 0.128 e. The zero-order valence-corrected chi connectivity index (χ0v) is 25.8. The van der Waals surface area contributed by atoms with Gasteiger partial charge < -0.3 is 20.8 Å². The average Bonchev–Trinajstić information content (AvgIpc) is 3.02. The van der Waals surface area contributed by atoms with E-state index in [1.165, 1.54) is 12.3 Å². The molecule has 1 heterocycles. The molecule has 0 bridgehead atoms. The van der Waals surface area contributed by atoms with Gasteiger partial charge in [0.2, 0.25) is 0 Å². The fraction of sp³-hybridized carbons (Fsp3) is 0.406. The molecule has 1 unspecified atom stereocenters. The minimum absolute atomic E-state index is 0.211. The molecule has 1 aliphatic heterocycles. The Morgan fingerprint density at radius 3 is 2.25 bits per heavy atom. The second-order valence-corrected chi connectivity index (χ2v) is 10.3. The number of ether oxygens (including phenoxy) is 1. The Labute approximate surface area is 249 Å². The van der Waals surface area contributed by atoms with Crippen LogP contribution in [0.3, 0.4) is 0 Å². The van der Waals surface area contributed by atoms with Gasteiger partial charge in [-0.2, -0.15) is 0 Å². The minimum atomic E-state index is -0.247. The third-order valence-electron chi connectivity index (χ3n) is 6.14. The fourth-order valence-corrected chi connectivity index (χ4v) is 5.30. The van der Waals surface area contributed by atoms with Gasteiger partial charge in [0.15, 0.2) is 0 Å². The van der Waals surface area contributed by atoms with Crippen molar-refractivity contribution >= 4 is 41.0 Å². The standard InChI is InChI=1S/C28H32ClFN4OS.2C2H6/c29-25(21-6-2-1-3-7-21)20-33-28-17-23(36-15-12-34-10-13-35-14-11-34)16-27(24(28)18-31)32-19-22-8-4-5-9-26(22)30;2*1-2/h1-9,16-18,25,31-33H,10-15,19-20H2;2*1-2H3. The number of anilines is 2. The van der Waals surface area contributed by atoms with E-state index in [2.05, 4.69) is 21.6 Å². The molecule has 0 saturated carbocycles. The molecule has 40 heavy (non-hydrogen) atoms. The van der Waals surface area contributed by atoms with Gasteiger partial charge in [-0.1, -0.05) is 76.2 Å². The van der Waals surface area contributed by atoms with E-state index in [1.54, 1.807) is 23.9 Å². The molecule has 0 aliphatic carbocycles. The Kier molecular flexibility index (Phi) is 16.4. The number of halogens is 2. The van der Waals surface area contributed by atoms with E-state index in [0.29, 0.717) is 18.7 Å². The van der Waals surface area contributed by atoms with Gasteiger partial charge >= 0.3 is 0 Å². The molecule has 3 aromatic carbocycles. The quantitative estimate of drug-likeness (QED) is 0.113. The van der Waals surface area contributed by atoms with Gasteiger partial charge in [0.1, 0.15) is 5.82 Å². The lowest BCUT2D eigenvalue weighted by Gasteiger charge is -2.26. The van der Waals surface area contributed by atoms with Gasteiger partial charge in [0, 0.05) is 72.1 Å². The second-order valence-electron chi connectivity index (χ2n) is 8.58. The van der Waals surface area contributed by atoms with E-state index in [1.807, 2.05) is 70.2 Å². The molecule has 8 heteroatoms. The molecule has 5 nitrogen and oxygen atoms in total. The molecule has 1 saturated heterocycles. The van der Waals surface area contributed by atoms with E-state index in [9.17, 15) is 4.39 Å². The lowest BCUT2D eigenvalue weighted by molar-refractivity contribution is 0.0410. The second kappa shape index (κ2) is 19.5. The summed E-state index contributed by atoms with van der Waals surface area (Å²) in [7, 11) is 0. The summed E-state index contributed by atoms with van der Waals surface area (Å²) < 4.78 is 19.7. The van der Waals surface area contributed by atoms with Gasteiger partial charge in [-0.15, -0.1) is 23.4 Å². The lowest BCUT2D eigenvalue weighted by atomic mass is 10.1. The van der Waals surface area contributed by atoms with Crippen LogP contribution in [0, 0.1) is 11.2 Å². The van der Waals surface area contributed by atoms with Crippen molar-refractivity contribution in [3.05, 3.63) is 89.2 Å². The number of rotatable bonds is 12. The van der Waals surface area contributed by atoms with Gasteiger partial charge in [-0.3, -0.25) is 4.90 Å². The topological polar surface area (TPSA) is 60.4 Å². The minimum Gasteiger partial charge on any atom is -0.383 e. The van der Waals surface area contributed by atoms with Gasteiger partial charge in [-0.05, 0) is 23.8 Å². The fourth-order valence-electron chi connectivity index (χ4n) is 4.09. The van der Waals surface area contributed by atoms with Crippen LogP contribution in [0.25, 0.3) is 0 Å². The lowest BCUT2D eigenvalue weighted by Crippen LogP contribution is -2.37. The van der Waals surface area contributed by atoms with Crippen molar-refractivity contribution in [1.82, 2.24) is 4.90 Å². The molecule has 4 rings (SSSR count). The van der Waals surface area contributed by atoms with Crippen LogP contribution in [0.2, 0.25) is 0 Å². The Bertz CT molecular complexity index is 1130. The third kappa shape index (κ3) is 10.8. The summed E-state index contributed by atoms with van der Waals surface area (Å²) in [5.74, 6) is 0.696. The molecule has 0 amide bonds. The highest BCUT2D eigenvalue weighted by molar-refractivity contribution is 7.99. The summed E-state index contributed by atoms with van der Waals surface area (Å²) in [4.78, 5) is 3.50. The van der Waals surface area contributed by atoms with Crippen LogP contribution >= 0.6 is 23.4 Å². The van der Waals surface area contributed by atoms with Crippen LogP contribution in [0.15, 0.2) is 71.6 Å². The number of nitrogens with zero attached hydrogens (tertiary/aromatic N) is 1. The Morgan fingerprint density at radius 1 is 0.975 bits per heavy atom. The summed E-state index contributed by atoms with van der Waals surface area (Å²) in [5.41, 5.74) is 3.97. The predicted molar refractivity (Wildman–Crippen MR) is 172 cm³/mol. The SMILES string of the molecule is CC.CC.N=Cc1c(NCc2ccccc2F)cc(SCCN2CCOCC2)cc1NCC(Cl)c1ccccc1. The number of morpholine rings is 1. The molecule has 1 fully saturated rings. The monoisotopic (exact) mass is 586 g/mol. The highest BCUT2D eigenvalue weighted by atomic mass is 35.5. The smallest absolute Gasteiger partial charge is 0.128 e. The summed E-state index contributed by atoms with van der Waals surface area (Å²) in [6.07, 6.45) is 1.33. The molecule has 1 aliphatic rings. The van der Waals surface area contributed by atoms with Gasteiger partial charge in [0.05, 0.1) is 18.6 Å². The van der Waals surface area contributed by atoms with Crippen LogP contribution in [0.5, 0.6) is 0 Å². The van der Waals surface area contributed by atoms with Crippen molar-refractivity contribution in [2.75, 3.05) is 55.8 Å². The average molecular weight is 587 g/mol. The van der Waals surface area contributed by atoms with E-state index >= 15 is 0 Å². The Hall–Kier alpha value is -2.58. The number of alkyl halides is 1. The number of benzene rings is 3. The molecule has 3 N–H and O–H groups in total. The molecule has 0 spiro atoms. The summed E-state index contributed by atoms with van der Waals surface area (Å²) in [6.45, 7) is 13.3. The first-order valence-electron chi connectivity index (χ1n) is 14.2. The normalized spacial score (nSPS) is 13.7. The largest absolute Gasteiger partial charge is 0.383 e. The Balaban J connectivity index is 0.00000134. The molecular formula is C32H44ClFN4OS. The first-order chi connectivity index (χ1) is 19.6. The number of thioether (sulfide) groups is 1. The number of hydrogen-bond donors (Lipinski definition) is 3. The van der Waals surface area contributed by atoms with Crippen molar-refractivity contribution < 1.29 is 9.13 Å². The molecule has 0 radical (unpaired) electrons. The molecule has 218 valence electrons. The molecule has 3 aromatic rings. The number of nitrogens with one attached hydrogen (secondary N) is 3. The first-order valence-corrected chi connectivity index (χ1v) is 15.6. The van der Waals surface area contributed by atoms with Crippen molar-refractivity contribution in [3.8, 4) is 0 Å². The van der Waals surface area contributed by atoms with E-state index in [-0.39, 0.29) is 11.2 Å². The van der Waals surface area contributed by atoms with E-state index in [0.717, 1.165) is 66.0 Å². The van der Waals surface area contributed by atoms with Crippen LogP contribution in [0.4, 0.5) is 15.8 Å². The van der Waals surface area contributed by atoms with E-state index < -0.39 is 0 Å².